The molecular weight excluding hydrogens is 230 g/mol. The Balaban J connectivity index is 2.34. The van der Waals surface area contributed by atoms with E-state index in [4.69, 9.17) is 15.0 Å². The SMILES string of the molecule is COc1cc(-c2nc(C(C)CN)no2)ccc1C. The number of nitrogens with zero attached hydrogens (tertiary/aromatic N) is 2. The summed E-state index contributed by atoms with van der Waals surface area (Å²) < 4.78 is 10.5. The molecule has 5 nitrogen and oxygen atoms in total. The van der Waals surface area contributed by atoms with Crippen molar-refractivity contribution in [3.8, 4) is 17.2 Å². The maximum absolute atomic E-state index is 5.58. The lowest BCUT2D eigenvalue weighted by Gasteiger charge is -2.04. The van der Waals surface area contributed by atoms with Crippen molar-refractivity contribution in [3.05, 3.63) is 29.6 Å². The molecule has 2 rings (SSSR count). The molecule has 0 amide bonds. The number of aromatic nitrogens is 2. The second-order valence-corrected chi connectivity index (χ2v) is 4.28. The fourth-order valence-electron chi connectivity index (χ4n) is 1.61. The maximum atomic E-state index is 5.58. The summed E-state index contributed by atoms with van der Waals surface area (Å²) in [5.41, 5.74) is 7.49. The van der Waals surface area contributed by atoms with Crippen LogP contribution < -0.4 is 10.5 Å². The summed E-state index contributed by atoms with van der Waals surface area (Å²) in [5, 5.41) is 3.93. The molecule has 5 heteroatoms. The van der Waals surface area contributed by atoms with Gasteiger partial charge < -0.3 is 15.0 Å². The van der Waals surface area contributed by atoms with Crippen LogP contribution in [0.2, 0.25) is 0 Å². The van der Waals surface area contributed by atoms with E-state index in [1.54, 1.807) is 7.11 Å². The van der Waals surface area contributed by atoms with Gasteiger partial charge >= 0.3 is 0 Å². The van der Waals surface area contributed by atoms with Gasteiger partial charge in [-0.3, -0.25) is 0 Å². The van der Waals surface area contributed by atoms with Crippen molar-refractivity contribution in [1.82, 2.24) is 10.1 Å². The van der Waals surface area contributed by atoms with Crippen LogP contribution >= 0.6 is 0 Å². The Hall–Kier alpha value is -1.88. The summed E-state index contributed by atoms with van der Waals surface area (Å²) in [4.78, 5) is 4.34. The molecule has 96 valence electrons. The minimum absolute atomic E-state index is 0.0924. The average molecular weight is 247 g/mol. The Morgan fingerprint density at radius 3 is 2.89 bits per heavy atom. The van der Waals surface area contributed by atoms with E-state index < -0.39 is 0 Å². The molecule has 0 aliphatic carbocycles. The van der Waals surface area contributed by atoms with Gasteiger partial charge in [-0.1, -0.05) is 18.1 Å². The highest BCUT2D eigenvalue weighted by Gasteiger charge is 2.14. The number of ether oxygens (including phenoxy) is 1. The molecule has 0 bridgehead atoms. The predicted molar refractivity (Wildman–Crippen MR) is 68.5 cm³/mol. The van der Waals surface area contributed by atoms with Crippen LogP contribution in [0.25, 0.3) is 11.5 Å². The lowest BCUT2D eigenvalue weighted by molar-refractivity contribution is 0.408. The summed E-state index contributed by atoms with van der Waals surface area (Å²) in [5.74, 6) is 2.02. The third-order valence-corrected chi connectivity index (χ3v) is 2.89. The zero-order valence-corrected chi connectivity index (χ0v) is 10.8. The van der Waals surface area contributed by atoms with E-state index in [0.29, 0.717) is 18.3 Å². The number of hydrogen-bond donors (Lipinski definition) is 1. The van der Waals surface area contributed by atoms with Crippen LogP contribution in [0.5, 0.6) is 5.75 Å². The molecule has 0 spiro atoms. The summed E-state index contributed by atoms with van der Waals surface area (Å²) in [6.45, 7) is 4.44. The van der Waals surface area contributed by atoms with Crippen molar-refractivity contribution in [1.29, 1.82) is 0 Å². The normalized spacial score (nSPS) is 12.4. The van der Waals surface area contributed by atoms with Gasteiger partial charge in [0, 0.05) is 18.0 Å². The summed E-state index contributed by atoms with van der Waals surface area (Å²) in [7, 11) is 1.64. The van der Waals surface area contributed by atoms with Gasteiger partial charge in [0.15, 0.2) is 5.82 Å². The van der Waals surface area contributed by atoms with Crippen LogP contribution in [0, 0.1) is 6.92 Å². The highest BCUT2D eigenvalue weighted by Crippen LogP contribution is 2.26. The molecule has 0 saturated heterocycles. The van der Waals surface area contributed by atoms with Crippen molar-refractivity contribution in [2.24, 2.45) is 5.73 Å². The van der Waals surface area contributed by atoms with Crippen LogP contribution in [0.1, 0.15) is 24.2 Å². The van der Waals surface area contributed by atoms with E-state index in [9.17, 15) is 0 Å². The number of aryl methyl sites for hydroxylation is 1. The molecule has 0 aliphatic heterocycles. The van der Waals surface area contributed by atoms with Gasteiger partial charge in [0.1, 0.15) is 5.75 Å². The molecule has 0 saturated carbocycles. The van der Waals surface area contributed by atoms with Gasteiger partial charge in [-0.05, 0) is 24.6 Å². The molecule has 18 heavy (non-hydrogen) atoms. The molecular formula is C13H17N3O2. The summed E-state index contributed by atoms with van der Waals surface area (Å²) in [6, 6.07) is 5.78. The maximum Gasteiger partial charge on any atom is 0.258 e. The van der Waals surface area contributed by atoms with Crippen molar-refractivity contribution in [2.75, 3.05) is 13.7 Å². The van der Waals surface area contributed by atoms with Gasteiger partial charge in [-0.15, -0.1) is 0 Å². The average Bonchev–Trinajstić information content (AvgIpc) is 2.88. The number of hydrogen-bond acceptors (Lipinski definition) is 5. The lowest BCUT2D eigenvalue weighted by Crippen LogP contribution is -2.10. The standard InChI is InChI=1S/C13H17N3O2/c1-8-4-5-10(6-11(8)17-3)13-15-12(16-18-13)9(2)7-14/h4-6,9H,7,14H2,1-3H3. The molecule has 2 aromatic rings. The Labute approximate surface area is 106 Å². The van der Waals surface area contributed by atoms with E-state index in [2.05, 4.69) is 10.1 Å². The van der Waals surface area contributed by atoms with Crippen molar-refractivity contribution >= 4 is 0 Å². The first-order chi connectivity index (χ1) is 8.65. The zero-order valence-electron chi connectivity index (χ0n) is 10.8. The van der Waals surface area contributed by atoms with Gasteiger partial charge in [0.2, 0.25) is 0 Å². The first-order valence-electron chi connectivity index (χ1n) is 5.84. The molecule has 1 heterocycles. The Morgan fingerprint density at radius 1 is 1.44 bits per heavy atom. The summed E-state index contributed by atoms with van der Waals surface area (Å²) in [6.07, 6.45) is 0. The molecule has 0 fully saturated rings. The van der Waals surface area contributed by atoms with Crippen LogP contribution in [0.3, 0.4) is 0 Å². The van der Waals surface area contributed by atoms with Crippen LogP contribution in [-0.4, -0.2) is 23.8 Å². The van der Waals surface area contributed by atoms with Gasteiger partial charge in [0.25, 0.3) is 5.89 Å². The van der Waals surface area contributed by atoms with Crippen LogP contribution in [-0.2, 0) is 0 Å². The van der Waals surface area contributed by atoms with E-state index in [0.717, 1.165) is 16.9 Å². The number of rotatable bonds is 4. The third kappa shape index (κ3) is 2.36. The molecule has 0 radical (unpaired) electrons. The van der Waals surface area contributed by atoms with Crippen LogP contribution in [0.15, 0.2) is 22.7 Å². The first-order valence-corrected chi connectivity index (χ1v) is 5.84. The number of nitrogens with two attached hydrogens (primary N) is 1. The minimum Gasteiger partial charge on any atom is -0.496 e. The predicted octanol–water partition coefficient (Wildman–Crippen LogP) is 2.12. The zero-order chi connectivity index (χ0) is 13.1. The topological polar surface area (TPSA) is 74.2 Å². The van der Waals surface area contributed by atoms with Crippen molar-refractivity contribution in [2.45, 2.75) is 19.8 Å². The molecule has 1 aromatic heterocycles. The summed E-state index contributed by atoms with van der Waals surface area (Å²) >= 11 is 0. The molecule has 1 atom stereocenters. The fourth-order valence-corrected chi connectivity index (χ4v) is 1.61. The van der Waals surface area contributed by atoms with Gasteiger partial charge in [-0.25, -0.2) is 0 Å². The second kappa shape index (κ2) is 5.18. The van der Waals surface area contributed by atoms with E-state index >= 15 is 0 Å². The van der Waals surface area contributed by atoms with Gasteiger partial charge in [-0.2, -0.15) is 4.98 Å². The van der Waals surface area contributed by atoms with E-state index in [-0.39, 0.29) is 5.92 Å². The largest absolute Gasteiger partial charge is 0.496 e. The number of methoxy groups -OCH3 is 1. The fraction of sp³-hybridized carbons (Fsp3) is 0.385. The molecule has 0 aliphatic rings. The quantitative estimate of drug-likeness (QED) is 0.895. The molecule has 2 N–H and O–H groups in total. The van der Waals surface area contributed by atoms with E-state index in [1.165, 1.54) is 0 Å². The Kier molecular flexibility index (Phi) is 3.62. The highest BCUT2D eigenvalue weighted by atomic mass is 16.5. The molecule has 1 aromatic carbocycles. The lowest BCUT2D eigenvalue weighted by atomic mass is 10.1. The molecule has 1 unspecified atom stereocenters. The van der Waals surface area contributed by atoms with Crippen molar-refractivity contribution in [3.63, 3.8) is 0 Å². The third-order valence-electron chi connectivity index (χ3n) is 2.89. The monoisotopic (exact) mass is 247 g/mol. The minimum atomic E-state index is 0.0924. The second-order valence-electron chi connectivity index (χ2n) is 4.28. The van der Waals surface area contributed by atoms with Crippen molar-refractivity contribution < 1.29 is 9.26 Å². The van der Waals surface area contributed by atoms with E-state index in [1.807, 2.05) is 32.0 Å². The number of benzene rings is 1. The first kappa shape index (κ1) is 12.6. The highest BCUT2D eigenvalue weighted by molar-refractivity contribution is 5.57. The Morgan fingerprint density at radius 2 is 2.22 bits per heavy atom. The van der Waals surface area contributed by atoms with Crippen LogP contribution in [0.4, 0.5) is 0 Å². The smallest absolute Gasteiger partial charge is 0.258 e. The van der Waals surface area contributed by atoms with Gasteiger partial charge in [0.05, 0.1) is 7.11 Å². The Bertz CT molecular complexity index is 537.